The maximum absolute atomic E-state index is 12.6. The van der Waals surface area contributed by atoms with Crippen LogP contribution < -0.4 is 4.89 Å². The number of aliphatic hydroxyl groups is 3. The van der Waals surface area contributed by atoms with Crippen molar-refractivity contribution < 1.29 is 57.4 Å². The molecule has 324 valence electrons. The number of phosphoric acid groups is 1. The van der Waals surface area contributed by atoms with Gasteiger partial charge in [-0.3, -0.25) is 14.2 Å². The molecule has 0 aromatic carbocycles. The Bertz CT molecular complexity index is 1190. The lowest BCUT2D eigenvalue weighted by Gasteiger charge is -2.28. The van der Waals surface area contributed by atoms with E-state index in [-0.39, 0.29) is 32.3 Å². The minimum absolute atomic E-state index is 0.0795. The number of nitrogens with zero attached hydrogens (tertiary/aromatic N) is 1. The van der Waals surface area contributed by atoms with Crippen LogP contribution >= 0.6 is 7.82 Å². The molecule has 56 heavy (non-hydrogen) atoms. The van der Waals surface area contributed by atoms with Gasteiger partial charge in [-0.25, -0.2) is 0 Å². The van der Waals surface area contributed by atoms with Crippen molar-refractivity contribution in [3.8, 4) is 0 Å². The van der Waals surface area contributed by atoms with Gasteiger partial charge < -0.3 is 43.2 Å². The molecule has 0 radical (unpaired) electrons. The number of carbonyl (C=O) groups is 2. The van der Waals surface area contributed by atoms with E-state index < -0.39 is 57.4 Å². The third kappa shape index (κ3) is 36.0. The zero-order chi connectivity index (χ0) is 41.9. The lowest BCUT2D eigenvalue weighted by atomic mass is 10.0. The zero-order valence-electron chi connectivity index (χ0n) is 35.1. The quantitative estimate of drug-likeness (QED) is 0.0142. The summed E-state index contributed by atoms with van der Waals surface area (Å²) in [6.07, 6.45) is 29.2. The second-order valence-corrected chi connectivity index (χ2v) is 16.6. The SMILES string of the molecule is CC/C=C\C[C@@H](O)/C=C/C=C/C=C\C=C/[C@H](O)[C@@H](O)CCCC(=O)OC[C@H](COP(=O)([O-])OCC[N+](C)(C)C)OC(=O)CCCCCCCCCCCCCC. The van der Waals surface area contributed by atoms with E-state index in [0.717, 1.165) is 25.7 Å². The van der Waals surface area contributed by atoms with Crippen LogP contribution in [0.15, 0.2) is 60.8 Å². The van der Waals surface area contributed by atoms with Crippen LogP contribution in [0.4, 0.5) is 0 Å². The van der Waals surface area contributed by atoms with Gasteiger partial charge in [0.1, 0.15) is 19.8 Å². The second kappa shape index (κ2) is 34.6. The van der Waals surface area contributed by atoms with Crippen LogP contribution in [0.1, 0.15) is 129 Å². The minimum Gasteiger partial charge on any atom is -0.756 e. The normalized spacial score (nSPS) is 15.9. The maximum atomic E-state index is 12.6. The highest BCUT2D eigenvalue weighted by molar-refractivity contribution is 7.45. The predicted octanol–water partition coefficient (Wildman–Crippen LogP) is 7.57. The van der Waals surface area contributed by atoms with Gasteiger partial charge in [-0.15, -0.1) is 0 Å². The van der Waals surface area contributed by atoms with E-state index in [1.807, 2.05) is 40.2 Å². The zero-order valence-corrected chi connectivity index (χ0v) is 36.0. The smallest absolute Gasteiger partial charge is 0.306 e. The van der Waals surface area contributed by atoms with Gasteiger partial charge >= 0.3 is 11.9 Å². The molecule has 3 N–H and O–H groups in total. The summed E-state index contributed by atoms with van der Waals surface area (Å²) in [5.41, 5.74) is 0. The summed E-state index contributed by atoms with van der Waals surface area (Å²) in [5.74, 6) is -1.17. The molecule has 0 saturated heterocycles. The topological polar surface area (TPSA) is 172 Å². The molecule has 0 aliphatic heterocycles. The number of likely N-dealkylation sites (N-methyl/N-ethyl adjacent to an activating group) is 1. The lowest BCUT2D eigenvalue weighted by Crippen LogP contribution is -2.37. The van der Waals surface area contributed by atoms with E-state index in [1.54, 1.807) is 42.5 Å². The van der Waals surface area contributed by atoms with Crippen molar-refractivity contribution in [3.63, 3.8) is 0 Å². The first kappa shape index (κ1) is 53.6. The summed E-state index contributed by atoms with van der Waals surface area (Å²) >= 11 is 0. The summed E-state index contributed by atoms with van der Waals surface area (Å²) in [6.45, 7) is 3.61. The van der Waals surface area contributed by atoms with E-state index in [1.165, 1.54) is 57.4 Å². The molecule has 12 nitrogen and oxygen atoms in total. The first-order valence-electron chi connectivity index (χ1n) is 20.8. The van der Waals surface area contributed by atoms with Gasteiger partial charge in [-0.2, -0.15) is 0 Å². The molecule has 0 heterocycles. The van der Waals surface area contributed by atoms with Crippen LogP contribution in [0.2, 0.25) is 0 Å². The van der Waals surface area contributed by atoms with Gasteiger partial charge in [0.25, 0.3) is 7.82 Å². The second-order valence-electron chi connectivity index (χ2n) is 15.2. The fourth-order valence-corrected chi connectivity index (χ4v) is 5.96. The monoisotopic (exact) mass is 814 g/mol. The molecule has 0 rings (SSSR count). The lowest BCUT2D eigenvalue weighted by molar-refractivity contribution is -0.870. The largest absolute Gasteiger partial charge is 0.756 e. The maximum Gasteiger partial charge on any atom is 0.306 e. The van der Waals surface area contributed by atoms with Crippen molar-refractivity contribution in [2.24, 2.45) is 0 Å². The Kier molecular flexibility index (Phi) is 33.1. The van der Waals surface area contributed by atoms with Crippen LogP contribution in [-0.2, 0) is 32.7 Å². The van der Waals surface area contributed by atoms with E-state index in [2.05, 4.69) is 6.92 Å². The average molecular weight is 814 g/mol. The average Bonchev–Trinajstić information content (AvgIpc) is 3.13. The van der Waals surface area contributed by atoms with Gasteiger partial charge in [0.2, 0.25) is 0 Å². The van der Waals surface area contributed by atoms with Crippen molar-refractivity contribution in [1.29, 1.82) is 0 Å². The van der Waals surface area contributed by atoms with E-state index >= 15 is 0 Å². The van der Waals surface area contributed by atoms with Crippen molar-refractivity contribution in [1.82, 2.24) is 0 Å². The number of rotatable bonds is 36. The highest BCUT2D eigenvalue weighted by atomic mass is 31.2. The van der Waals surface area contributed by atoms with Gasteiger partial charge in [0, 0.05) is 12.8 Å². The molecule has 1 unspecified atom stereocenters. The summed E-state index contributed by atoms with van der Waals surface area (Å²) in [5, 5.41) is 30.4. The summed E-state index contributed by atoms with van der Waals surface area (Å²) in [7, 11) is 0.968. The van der Waals surface area contributed by atoms with Crippen molar-refractivity contribution in [2.75, 3.05) is 47.5 Å². The highest BCUT2D eigenvalue weighted by Crippen LogP contribution is 2.38. The molecular formula is C43H76NO11P. The molecule has 0 spiro atoms. The molecule has 0 bridgehead atoms. The van der Waals surface area contributed by atoms with Gasteiger partial charge in [0.15, 0.2) is 6.10 Å². The number of allylic oxidation sites excluding steroid dienone is 7. The van der Waals surface area contributed by atoms with E-state index in [0.29, 0.717) is 23.9 Å². The number of hydrogen-bond acceptors (Lipinski definition) is 11. The number of unbranched alkanes of at least 4 members (excludes halogenated alkanes) is 11. The number of hydrogen-bond donors (Lipinski definition) is 3. The van der Waals surface area contributed by atoms with E-state index in [9.17, 15) is 34.4 Å². The number of ether oxygens (including phenoxy) is 2. The third-order valence-corrected chi connectivity index (χ3v) is 9.61. The fourth-order valence-electron chi connectivity index (χ4n) is 5.23. The Morgan fingerprint density at radius 3 is 1.84 bits per heavy atom. The molecule has 5 atom stereocenters. The van der Waals surface area contributed by atoms with Crippen molar-refractivity contribution in [2.45, 2.75) is 154 Å². The number of aliphatic hydroxyl groups excluding tert-OH is 3. The number of esters is 2. The summed E-state index contributed by atoms with van der Waals surface area (Å²) < 4.78 is 33.5. The van der Waals surface area contributed by atoms with Crippen LogP contribution in [0.25, 0.3) is 0 Å². The number of quaternary nitrogens is 1. The van der Waals surface area contributed by atoms with Gasteiger partial charge in [-0.1, -0.05) is 145 Å². The Hall–Kier alpha value is -2.41. The van der Waals surface area contributed by atoms with Crippen LogP contribution in [0.5, 0.6) is 0 Å². The molecule has 0 amide bonds. The first-order valence-corrected chi connectivity index (χ1v) is 22.3. The van der Waals surface area contributed by atoms with E-state index in [4.69, 9.17) is 18.5 Å². The Morgan fingerprint density at radius 2 is 1.25 bits per heavy atom. The minimum atomic E-state index is -4.71. The Labute approximate surface area is 338 Å². The molecule has 0 aromatic heterocycles. The van der Waals surface area contributed by atoms with Gasteiger partial charge in [-0.05, 0) is 32.1 Å². The molecular weight excluding hydrogens is 737 g/mol. The van der Waals surface area contributed by atoms with Crippen molar-refractivity contribution >= 4 is 19.8 Å². The fraction of sp³-hybridized carbons (Fsp3) is 0.721. The predicted molar refractivity (Wildman–Crippen MR) is 221 cm³/mol. The molecule has 0 fully saturated rings. The molecule has 13 heteroatoms. The van der Waals surface area contributed by atoms with Gasteiger partial charge in [0.05, 0.1) is 46.1 Å². The molecule has 0 aromatic rings. The Balaban J connectivity index is 4.73. The summed E-state index contributed by atoms with van der Waals surface area (Å²) in [4.78, 5) is 37.5. The summed E-state index contributed by atoms with van der Waals surface area (Å²) in [6, 6.07) is 0. The van der Waals surface area contributed by atoms with Crippen LogP contribution in [0.3, 0.4) is 0 Å². The molecule has 0 aliphatic rings. The van der Waals surface area contributed by atoms with Crippen molar-refractivity contribution in [3.05, 3.63) is 60.8 Å². The van der Waals surface area contributed by atoms with Crippen LogP contribution in [-0.4, -0.2) is 104 Å². The third-order valence-electron chi connectivity index (χ3n) is 8.64. The standard InChI is InChI=1S/C43H76NO11P/c1-6-8-10-11-12-13-14-15-16-17-22-26-32-43(49)55-39(37-54-56(50,51)53-35-34-44(3,4)5)36-52-42(48)33-27-31-41(47)40(46)30-25-21-19-18-20-24-29-38(45)28-23-9-7-2/h9,18-21,23-25,29-30,38-41,45-47H,6-8,10-17,22,26-28,31-37H2,1-5H3/b20-18+,21-19-,23-9-,29-24+,30-25-/t38-,39-,40+,41+/m1/s1. The molecule has 0 aliphatic carbocycles. The molecule has 0 saturated carbocycles. The number of phosphoric ester groups is 1. The van der Waals surface area contributed by atoms with Crippen LogP contribution in [0, 0.1) is 0 Å². The Morgan fingerprint density at radius 1 is 0.696 bits per heavy atom. The number of carbonyl (C=O) groups excluding carboxylic acids is 2. The first-order chi connectivity index (χ1) is 26.7. The highest BCUT2D eigenvalue weighted by Gasteiger charge is 2.22.